The lowest BCUT2D eigenvalue weighted by Crippen LogP contribution is -2.18. The number of carbonyl (C=O) groups is 1. The van der Waals surface area contributed by atoms with Crippen LogP contribution in [-0.2, 0) is 17.1 Å². The van der Waals surface area contributed by atoms with Crippen molar-refractivity contribution in [2.75, 3.05) is 6.61 Å². The Morgan fingerprint density at radius 1 is 1.17 bits per heavy atom. The first kappa shape index (κ1) is 17.8. The van der Waals surface area contributed by atoms with Crippen molar-refractivity contribution in [1.82, 2.24) is 9.55 Å². The lowest BCUT2D eigenvalue weighted by atomic mass is 10.2. The van der Waals surface area contributed by atoms with Crippen LogP contribution < -0.4 is 0 Å². The number of halogens is 6. The van der Waals surface area contributed by atoms with Gasteiger partial charge in [-0.3, -0.25) is 4.57 Å². The number of benzene rings is 1. The average molecular weight is 352 g/mol. The number of imidazole rings is 1. The zero-order valence-electron chi connectivity index (χ0n) is 12.1. The minimum absolute atomic E-state index is 0.174. The molecule has 1 heterocycles. The number of rotatable bonds is 3. The summed E-state index contributed by atoms with van der Waals surface area (Å²) in [4.78, 5) is 15.0. The third kappa shape index (κ3) is 3.52. The van der Waals surface area contributed by atoms with Gasteiger partial charge in [0.1, 0.15) is 6.33 Å². The Labute approximate surface area is 131 Å². The van der Waals surface area contributed by atoms with Gasteiger partial charge >= 0.3 is 18.3 Å². The third-order valence-corrected chi connectivity index (χ3v) is 2.96. The standard InChI is InChI=1S/C14H10F6N2O2/c1-2-24-12(23)10-11(14(18,19)20)22(7-21-10)9-5-3-4-8(6-9)13(15,16)17/h3-7H,2H2,1H3. The van der Waals surface area contributed by atoms with Gasteiger partial charge < -0.3 is 4.74 Å². The van der Waals surface area contributed by atoms with E-state index in [1.807, 2.05) is 0 Å². The van der Waals surface area contributed by atoms with Gasteiger partial charge in [0, 0.05) is 5.69 Å². The van der Waals surface area contributed by atoms with Crippen LogP contribution in [0.4, 0.5) is 26.3 Å². The molecule has 24 heavy (non-hydrogen) atoms. The Morgan fingerprint density at radius 3 is 2.38 bits per heavy atom. The van der Waals surface area contributed by atoms with Gasteiger partial charge in [-0.2, -0.15) is 26.3 Å². The van der Waals surface area contributed by atoms with Crippen molar-refractivity contribution in [2.24, 2.45) is 0 Å². The van der Waals surface area contributed by atoms with Crippen molar-refractivity contribution in [3.05, 3.63) is 47.5 Å². The molecular weight excluding hydrogens is 342 g/mol. The van der Waals surface area contributed by atoms with E-state index in [-0.39, 0.29) is 6.61 Å². The molecule has 10 heteroatoms. The molecule has 2 aromatic rings. The molecule has 0 saturated heterocycles. The van der Waals surface area contributed by atoms with E-state index >= 15 is 0 Å². The van der Waals surface area contributed by atoms with Crippen molar-refractivity contribution < 1.29 is 35.9 Å². The molecule has 0 aliphatic heterocycles. The SMILES string of the molecule is CCOC(=O)c1ncn(-c2cccc(C(F)(F)F)c2)c1C(F)(F)F. The fraction of sp³-hybridized carbons (Fsp3) is 0.286. The molecular formula is C14H10F6N2O2. The minimum Gasteiger partial charge on any atom is -0.461 e. The van der Waals surface area contributed by atoms with E-state index in [1.165, 1.54) is 6.92 Å². The van der Waals surface area contributed by atoms with Gasteiger partial charge in [-0.15, -0.1) is 0 Å². The molecule has 1 aromatic heterocycles. The second-order valence-corrected chi connectivity index (χ2v) is 4.58. The van der Waals surface area contributed by atoms with Gasteiger partial charge in [0.15, 0.2) is 11.4 Å². The van der Waals surface area contributed by atoms with Crippen molar-refractivity contribution in [1.29, 1.82) is 0 Å². The topological polar surface area (TPSA) is 44.1 Å². The normalized spacial score (nSPS) is 12.3. The Kier molecular flexibility index (Phi) is 4.59. The molecule has 0 aliphatic rings. The number of ether oxygens (including phenoxy) is 1. The molecule has 0 unspecified atom stereocenters. The number of nitrogens with zero attached hydrogens (tertiary/aromatic N) is 2. The maximum absolute atomic E-state index is 13.3. The summed E-state index contributed by atoms with van der Waals surface area (Å²) in [5.41, 5.74) is -4.07. The highest BCUT2D eigenvalue weighted by molar-refractivity contribution is 5.89. The Balaban J connectivity index is 2.62. The van der Waals surface area contributed by atoms with Gasteiger partial charge in [0.05, 0.1) is 12.2 Å². The molecule has 2 rings (SSSR count). The van der Waals surface area contributed by atoms with Gasteiger partial charge in [-0.05, 0) is 25.1 Å². The summed E-state index contributed by atoms with van der Waals surface area (Å²) >= 11 is 0. The molecule has 0 fully saturated rings. The number of aromatic nitrogens is 2. The Bertz CT molecular complexity index is 748. The highest BCUT2D eigenvalue weighted by Crippen LogP contribution is 2.35. The summed E-state index contributed by atoms with van der Waals surface area (Å²) < 4.78 is 82.9. The quantitative estimate of drug-likeness (QED) is 0.617. The summed E-state index contributed by atoms with van der Waals surface area (Å²) in [6.07, 6.45) is -9.11. The van der Waals surface area contributed by atoms with E-state index in [0.717, 1.165) is 18.2 Å². The Hall–Kier alpha value is -2.52. The van der Waals surface area contributed by atoms with E-state index in [4.69, 9.17) is 0 Å². The largest absolute Gasteiger partial charge is 0.461 e. The van der Waals surface area contributed by atoms with E-state index in [2.05, 4.69) is 9.72 Å². The average Bonchev–Trinajstić information content (AvgIpc) is 2.92. The molecule has 0 radical (unpaired) electrons. The third-order valence-electron chi connectivity index (χ3n) is 2.96. The van der Waals surface area contributed by atoms with Crippen LogP contribution in [0.5, 0.6) is 0 Å². The van der Waals surface area contributed by atoms with Gasteiger partial charge in [0.25, 0.3) is 0 Å². The molecule has 4 nitrogen and oxygen atoms in total. The number of carbonyl (C=O) groups excluding carboxylic acids is 1. The van der Waals surface area contributed by atoms with Crippen LogP contribution in [0.2, 0.25) is 0 Å². The molecule has 0 aliphatic carbocycles. The number of alkyl halides is 6. The molecule has 1 aromatic carbocycles. The van der Waals surface area contributed by atoms with Crippen molar-refractivity contribution in [2.45, 2.75) is 19.3 Å². The smallest absolute Gasteiger partial charge is 0.434 e. The molecule has 130 valence electrons. The van der Waals surface area contributed by atoms with Crippen molar-refractivity contribution in [3.8, 4) is 5.69 Å². The van der Waals surface area contributed by atoms with Crippen LogP contribution >= 0.6 is 0 Å². The van der Waals surface area contributed by atoms with Gasteiger partial charge in [-0.25, -0.2) is 9.78 Å². The zero-order chi connectivity index (χ0) is 18.1. The first-order valence-corrected chi connectivity index (χ1v) is 6.55. The number of hydrogen-bond acceptors (Lipinski definition) is 3. The molecule has 0 atom stereocenters. The molecule has 0 N–H and O–H groups in total. The van der Waals surface area contributed by atoms with Crippen molar-refractivity contribution >= 4 is 5.97 Å². The second-order valence-electron chi connectivity index (χ2n) is 4.58. The van der Waals surface area contributed by atoms with Crippen LogP contribution in [0.1, 0.15) is 28.7 Å². The summed E-state index contributed by atoms with van der Waals surface area (Å²) in [6.45, 7) is 1.22. The Morgan fingerprint density at radius 2 is 1.83 bits per heavy atom. The lowest BCUT2D eigenvalue weighted by molar-refractivity contribution is -0.142. The maximum Gasteiger partial charge on any atom is 0.434 e. The number of esters is 1. The summed E-state index contributed by atoms with van der Waals surface area (Å²) in [5, 5.41) is 0. The van der Waals surface area contributed by atoms with E-state index in [0.29, 0.717) is 17.0 Å². The molecule has 0 amide bonds. The van der Waals surface area contributed by atoms with Crippen molar-refractivity contribution in [3.63, 3.8) is 0 Å². The second kappa shape index (κ2) is 6.17. The van der Waals surface area contributed by atoms with E-state index in [1.54, 1.807) is 0 Å². The van der Waals surface area contributed by atoms with Crippen LogP contribution in [0.15, 0.2) is 30.6 Å². The summed E-state index contributed by atoms with van der Waals surface area (Å²) in [7, 11) is 0. The molecule has 0 spiro atoms. The monoisotopic (exact) mass is 352 g/mol. The zero-order valence-corrected chi connectivity index (χ0v) is 12.1. The fourth-order valence-corrected chi connectivity index (χ4v) is 2.00. The molecule has 0 saturated carbocycles. The minimum atomic E-state index is -5.02. The van der Waals surface area contributed by atoms with Crippen LogP contribution in [-0.4, -0.2) is 22.1 Å². The van der Waals surface area contributed by atoms with E-state index < -0.39 is 41.0 Å². The maximum atomic E-state index is 13.3. The van der Waals surface area contributed by atoms with Crippen LogP contribution in [0.25, 0.3) is 5.69 Å². The van der Waals surface area contributed by atoms with Crippen LogP contribution in [0.3, 0.4) is 0 Å². The fourth-order valence-electron chi connectivity index (χ4n) is 2.00. The number of hydrogen-bond donors (Lipinski definition) is 0. The van der Waals surface area contributed by atoms with Crippen LogP contribution in [0, 0.1) is 0 Å². The summed E-state index contributed by atoms with van der Waals surface area (Å²) in [5.74, 6) is -1.31. The van der Waals surface area contributed by atoms with Gasteiger partial charge in [-0.1, -0.05) is 6.07 Å². The lowest BCUT2D eigenvalue weighted by Gasteiger charge is -2.14. The highest BCUT2D eigenvalue weighted by Gasteiger charge is 2.41. The summed E-state index contributed by atoms with van der Waals surface area (Å²) in [6, 6.07) is 3.26. The highest BCUT2D eigenvalue weighted by atomic mass is 19.4. The predicted molar refractivity (Wildman–Crippen MR) is 69.5 cm³/mol. The first-order chi connectivity index (χ1) is 11.1. The first-order valence-electron chi connectivity index (χ1n) is 6.55. The molecule has 0 bridgehead atoms. The predicted octanol–water partition coefficient (Wildman–Crippen LogP) is 4.09. The van der Waals surface area contributed by atoms with Gasteiger partial charge in [0.2, 0.25) is 0 Å². The van der Waals surface area contributed by atoms with E-state index in [9.17, 15) is 31.1 Å².